The van der Waals surface area contributed by atoms with Crippen LogP contribution in [0.3, 0.4) is 0 Å². The van der Waals surface area contributed by atoms with E-state index in [9.17, 15) is 4.79 Å². The van der Waals surface area contributed by atoms with E-state index in [1.807, 2.05) is 6.92 Å². The summed E-state index contributed by atoms with van der Waals surface area (Å²) in [5.41, 5.74) is 2.28. The van der Waals surface area contributed by atoms with E-state index in [1.54, 1.807) is 0 Å². The molecule has 2 aliphatic carbocycles. The second-order valence-electron chi connectivity index (χ2n) is 8.27. The van der Waals surface area contributed by atoms with E-state index in [0.29, 0.717) is 23.2 Å². The Morgan fingerprint density at radius 2 is 2.10 bits per heavy atom. The van der Waals surface area contributed by atoms with Gasteiger partial charge in [-0.15, -0.1) is 0 Å². The van der Waals surface area contributed by atoms with Gasteiger partial charge in [-0.3, -0.25) is 4.79 Å². The van der Waals surface area contributed by atoms with Crippen molar-refractivity contribution in [3.8, 4) is 0 Å². The van der Waals surface area contributed by atoms with Gasteiger partial charge < -0.3 is 4.74 Å². The van der Waals surface area contributed by atoms with E-state index < -0.39 is 0 Å². The molecule has 0 amide bonds. The van der Waals surface area contributed by atoms with Crippen molar-refractivity contribution in [2.45, 2.75) is 78.7 Å². The minimum Gasteiger partial charge on any atom is -0.465 e. The van der Waals surface area contributed by atoms with Crippen molar-refractivity contribution in [1.29, 1.82) is 0 Å². The zero-order chi connectivity index (χ0) is 15.7. The molecule has 0 bridgehead atoms. The van der Waals surface area contributed by atoms with Gasteiger partial charge in [-0.1, -0.05) is 39.3 Å². The third-order valence-electron chi connectivity index (χ3n) is 6.47. The quantitative estimate of drug-likeness (QED) is 0.519. The number of allylic oxidation sites excluding steroid dienone is 1. The van der Waals surface area contributed by atoms with Gasteiger partial charge in [0.15, 0.2) is 0 Å². The molecule has 0 aromatic heterocycles. The van der Waals surface area contributed by atoms with Gasteiger partial charge in [0.2, 0.25) is 0 Å². The second-order valence-corrected chi connectivity index (χ2v) is 8.27. The predicted octanol–water partition coefficient (Wildman–Crippen LogP) is 5.13. The van der Waals surface area contributed by atoms with E-state index in [4.69, 9.17) is 4.74 Å². The standard InChI is InChI=1S/C19H32O2/c1-14-7-10-17-18(3,4)11-6-12-19(17,5)16(14)9-8-15(2)21-13-20/h13,15-17H,1,6-12H2,2-5H3. The summed E-state index contributed by atoms with van der Waals surface area (Å²) < 4.78 is 5.07. The fourth-order valence-electron chi connectivity index (χ4n) is 5.37. The lowest BCUT2D eigenvalue weighted by Crippen LogP contribution is -2.49. The van der Waals surface area contributed by atoms with Gasteiger partial charge in [0.25, 0.3) is 6.47 Å². The Morgan fingerprint density at radius 3 is 2.76 bits per heavy atom. The summed E-state index contributed by atoms with van der Waals surface area (Å²) in [7, 11) is 0. The molecule has 2 heteroatoms. The van der Waals surface area contributed by atoms with Crippen molar-refractivity contribution >= 4 is 6.47 Å². The minimum atomic E-state index is 0.0240. The van der Waals surface area contributed by atoms with E-state index in [-0.39, 0.29) is 6.10 Å². The highest BCUT2D eigenvalue weighted by Gasteiger charge is 2.52. The number of ether oxygens (including phenoxy) is 1. The number of carbonyl (C=O) groups excluding carboxylic acids is 1. The summed E-state index contributed by atoms with van der Waals surface area (Å²) in [6, 6.07) is 0. The molecular weight excluding hydrogens is 260 g/mol. The van der Waals surface area contributed by atoms with Crippen LogP contribution in [-0.2, 0) is 9.53 Å². The fourth-order valence-corrected chi connectivity index (χ4v) is 5.37. The van der Waals surface area contributed by atoms with E-state index in [0.717, 1.165) is 18.8 Å². The second kappa shape index (κ2) is 6.14. The average molecular weight is 292 g/mol. The molecule has 4 atom stereocenters. The van der Waals surface area contributed by atoms with Crippen LogP contribution < -0.4 is 0 Å². The van der Waals surface area contributed by atoms with E-state index >= 15 is 0 Å². The lowest BCUT2D eigenvalue weighted by Gasteiger charge is -2.58. The van der Waals surface area contributed by atoms with Gasteiger partial charge >= 0.3 is 0 Å². The Labute approximate surface area is 130 Å². The van der Waals surface area contributed by atoms with Crippen molar-refractivity contribution in [3.63, 3.8) is 0 Å². The Balaban J connectivity index is 2.13. The molecule has 0 heterocycles. The molecular formula is C19H32O2. The van der Waals surface area contributed by atoms with Crippen LogP contribution in [0.15, 0.2) is 12.2 Å². The smallest absolute Gasteiger partial charge is 0.293 e. The van der Waals surface area contributed by atoms with Crippen molar-refractivity contribution in [2.75, 3.05) is 0 Å². The van der Waals surface area contributed by atoms with Crippen LogP contribution in [0.2, 0.25) is 0 Å². The lowest BCUT2D eigenvalue weighted by atomic mass is 9.47. The molecule has 2 rings (SSSR count). The number of hydrogen-bond acceptors (Lipinski definition) is 2. The number of carbonyl (C=O) groups is 1. The van der Waals surface area contributed by atoms with Gasteiger partial charge in [-0.25, -0.2) is 0 Å². The molecule has 21 heavy (non-hydrogen) atoms. The molecule has 0 aromatic carbocycles. The van der Waals surface area contributed by atoms with Crippen molar-refractivity contribution < 1.29 is 9.53 Å². The summed E-state index contributed by atoms with van der Waals surface area (Å²) in [4.78, 5) is 10.5. The monoisotopic (exact) mass is 292 g/mol. The summed E-state index contributed by atoms with van der Waals surface area (Å²) in [6.07, 6.45) is 8.59. The molecule has 2 aliphatic rings. The fraction of sp³-hybridized carbons (Fsp3) is 0.842. The maximum absolute atomic E-state index is 10.5. The zero-order valence-electron chi connectivity index (χ0n) is 14.3. The third kappa shape index (κ3) is 3.19. The van der Waals surface area contributed by atoms with Crippen molar-refractivity contribution in [2.24, 2.45) is 22.7 Å². The molecule has 0 aromatic rings. The highest BCUT2D eigenvalue weighted by molar-refractivity contribution is 5.37. The van der Waals surface area contributed by atoms with Gasteiger partial charge in [-0.2, -0.15) is 0 Å². The van der Waals surface area contributed by atoms with Crippen LogP contribution in [0, 0.1) is 22.7 Å². The summed E-state index contributed by atoms with van der Waals surface area (Å²) in [5, 5.41) is 0. The molecule has 120 valence electrons. The molecule has 0 aliphatic heterocycles. The highest BCUT2D eigenvalue weighted by Crippen LogP contribution is 2.61. The zero-order valence-corrected chi connectivity index (χ0v) is 14.3. The SMILES string of the molecule is C=C1CCC2C(C)(C)CCCC2(C)C1CCC(C)OC=O. The molecule has 0 saturated heterocycles. The van der Waals surface area contributed by atoms with Crippen molar-refractivity contribution in [1.82, 2.24) is 0 Å². The Bertz CT molecular complexity index is 398. The number of rotatable bonds is 5. The Hall–Kier alpha value is -0.790. The number of hydrogen-bond donors (Lipinski definition) is 0. The first-order valence-corrected chi connectivity index (χ1v) is 8.58. The molecule has 0 N–H and O–H groups in total. The highest BCUT2D eigenvalue weighted by atomic mass is 16.5. The molecule has 2 nitrogen and oxygen atoms in total. The predicted molar refractivity (Wildman–Crippen MR) is 86.9 cm³/mol. The van der Waals surface area contributed by atoms with E-state index in [1.165, 1.54) is 37.7 Å². The van der Waals surface area contributed by atoms with Crippen LogP contribution in [0.4, 0.5) is 0 Å². The van der Waals surface area contributed by atoms with Crippen LogP contribution in [0.5, 0.6) is 0 Å². The normalized spacial score (nSPS) is 36.7. The van der Waals surface area contributed by atoms with Crippen molar-refractivity contribution in [3.05, 3.63) is 12.2 Å². The summed E-state index contributed by atoms with van der Waals surface area (Å²) in [6.45, 7) is 14.4. The topological polar surface area (TPSA) is 26.3 Å². The maximum Gasteiger partial charge on any atom is 0.293 e. The third-order valence-corrected chi connectivity index (χ3v) is 6.47. The minimum absolute atomic E-state index is 0.0240. The molecule has 4 unspecified atom stereocenters. The van der Waals surface area contributed by atoms with Gasteiger partial charge in [0.1, 0.15) is 0 Å². The lowest BCUT2D eigenvalue weighted by molar-refractivity contribution is -0.133. The van der Waals surface area contributed by atoms with Gasteiger partial charge in [0, 0.05) is 0 Å². The van der Waals surface area contributed by atoms with Crippen LogP contribution in [-0.4, -0.2) is 12.6 Å². The average Bonchev–Trinajstić information content (AvgIpc) is 2.37. The van der Waals surface area contributed by atoms with Gasteiger partial charge in [0.05, 0.1) is 6.10 Å². The Kier molecular flexibility index (Phi) is 4.85. The first-order chi connectivity index (χ1) is 9.81. The first-order valence-electron chi connectivity index (χ1n) is 8.58. The summed E-state index contributed by atoms with van der Waals surface area (Å²) >= 11 is 0. The first kappa shape index (κ1) is 16.6. The van der Waals surface area contributed by atoms with Gasteiger partial charge in [-0.05, 0) is 68.1 Å². The van der Waals surface area contributed by atoms with Crippen LogP contribution in [0.1, 0.15) is 72.6 Å². The van der Waals surface area contributed by atoms with Crippen LogP contribution >= 0.6 is 0 Å². The van der Waals surface area contributed by atoms with Crippen LogP contribution in [0.25, 0.3) is 0 Å². The van der Waals surface area contributed by atoms with E-state index in [2.05, 4.69) is 27.4 Å². The Morgan fingerprint density at radius 1 is 1.38 bits per heavy atom. The molecule has 2 fully saturated rings. The molecule has 0 spiro atoms. The summed E-state index contributed by atoms with van der Waals surface area (Å²) in [5.74, 6) is 1.39. The number of fused-ring (bicyclic) bond motifs is 1. The largest absolute Gasteiger partial charge is 0.465 e. The molecule has 2 saturated carbocycles. The molecule has 0 radical (unpaired) electrons. The maximum atomic E-state index is 10.5.